The molecule has 0 bridgehead atoms. The van der Waals surface area contributed by atoms with Gasteiger partial charge in [-0.25, -0.2) is 0 Å². The molecule has 0 aliphatic heterocycles. The second kappa shape index (κ2) is 10.5. The summed E-state index contributed by atoms with van der Waals surface area (Å²) in [7, 11) is 8.40. The Bertz CT molecular complexity index is 68.0. The lowest BCUT2D eigenvalue weighted by atomic mass is 10.1. The van der Waals surface area contributed by atoms with Gasteiger partial charge in [0.15, 0.2) is 13.7 Å². The Hall–Kier alpha value is -0.505. The smallest absolute Gasteiger partial charge is 0.200 e. The van der Waals surface area contributed by atoms with Gasteiger partial charge in [-0.1, -0.05) is 0 Å². The van der Waals surface area contributed by atoms with E-state index in [0.29, 0.717) is 6.54 Å². The van der Waals surface area contributed by atoms with Gasteiger partial charge in [-0.05, 0) is 21.0 Å². The van der Waals surface area contributed by atoms with E-state index in [2.05, 4.69) is 18.5 Å². The molecule has 0 saturated carbocycles. The van der Waals surface area contributed by atoms with Crippen LogP contribution in [0.3, 0.4) is 0 Å². The third-order valence-electron chi connectivity index (χ3n) is 0.351. The van der Waals surface area contributed by atoms with Crippen LogP contribution in [0.5, 0.6) is 0 Å². The van der Waals surface area contributed by atoms with E-state index in [4.69, 9.17) is 0 Å². The molecule has 2 radical (unpaired) electrons. The normalized spacial score (nSPS) is 7.00. The summed E-state index contributed by atoms with van der Waals surface area (Å²) in [6, 6.07) is 0. The fraction of sp³-hybridized carbons (Fsp3) is 0.800. The predicted octanol–water partition coefficient (Wildman–Crippen LogP) is -0.280. The maximum atomic E-state index is 9.71. The van der Waals surface area contributed by atoms with E-state index in [1.165, 1.54) is 0 Å². The number of nitrogens with one attached hydrogen (secondary N) is 2. The van der Waals surface area contributed by atoms with Gasteiger partial charge in [0.25, 0.3) is 0 Å². The van der Waals surface area contributed by atoms with Crippen molar-refractivity contribution in [2.24, 2.45) is 0 Å². The largest absolute Gasteiger partial charge is 0.366 e. The van der Waals surface area contributed by atoms with Crippen molar-refractivity contribution in [1.82, 2.24) is 10.6 Å². The first kappa shape index (κ1) is 11.3. The molecular formula is C5H13BN2O. The molecule has 4 heteroatoms. The lowest BCUT2D eigenvalue weighted by Crippen LogP contribution is -2.20. The van der Waals surface area contributed by atoms with Gasteiger partial charge in [0, 0.05) is 6.54 Å². The molecule has 9 heavy (non-hydrogen) atoms. The third-order valence-corrected chi connectivity index (χ3v) is 0.351. The van der Waals surface area contributed by atoms with Gasteiger partial charge >= 0.3 is 0 Å². The summed E-state index contributed by atoms with van der Waals surface area (Å²) in [5, 5.41) is 5.10. The molecule has 0 atom stereocenters. The Morgan fingerprint density at radius 1 is 1.56 bits per heavy atom. The third kappa shape index (κ3) is 36.4. The van der Waals surface area contributed by atoms with E-state index in [0.717, 1.165) is 0 Å². The van der Waals surface area contributed by atoms with Crippen molar-refractivity contribution < 1.29 is 4.79 Å². The van der Waals surface area contributed by atoms with Crippen LogP contribution in [-0.4, -0.2) is 34.3 Å². The summed E-state index contributed by atoms with van der Waals surface area (Å²) in [5.74, 6) is -0.461. The zero-order chi connectivity index (χ0) is 7.70. The number of carbonyl (C=O) groups excluding carboxylic acids is 1. The van der Waals surface area contributed by atoms with E-state index >= 15 is 0 Å². The van der Waals surface area contributed by atoms with Crippen molar-refractivity contribution in [2.45, 2.75) is 6.92 Å². The fourth-order valence-electron chi connectivity index (χ4n) is 0.174. The average molecular weight is 128 g/mol. The van der Waals surface area contributed by atoms with E-state index in [1.807, 2.05) is 21.0 Å². The highest BCUT2D eigenvalue weighted by Gasteiger charge is 1.78. The molecule has 0 aliphatic carbocycles. The van der Waals surface area contributed by atoms with Gasteiger partial charge in [-0.2, -0.15) is 0 Å². The summed E-state index contributed by atoms with van der Waals surface area (Å²) in [4.78, 5) is 9.71. The lowest BCUT2D eigenvalue weighted by molar-refractivity contribution is 0.260. The Kier molecular flexibility index (Phi) is 13.2. The first-order valence-corrected chi connectivity index (χ1v) is 2.80. The first-order valence-electron chi connectivity index (χ1n) is 2.80. The minimum absolute atomic E-state index is 0.461. The number of hydrogen-bond acceptors (Lipinski definition) is 2. The molecule has 0 fully saturated rings. The molecule has 0 aromatic carbocycles. The van der Waals surface area contributed by atoms with Crippen molar-refractivity contribution in [3.63, 3.8) is 0 Å². The molecule has 0 aromatic rings. The standard InChI is InChI=1S/C3H6BNO.C2H7N/c1-2-5-3(4)6;1-3-2/h2H2,1H3,(H,5,6);3H,1-2H3. The number of rotatable bonds is 1. The molecule has 1 amide bonds. The van der Waals surface area contributed by atoms with Crippen molar-refractivity contribution in [3.8, 4) is 0 Å². The van der Waals surface area contributed by atoms with Crippen LogP contribution in [0.25, 0.3) is 0 Å². The van der Waals surface area contributed by atoms with Gasteiger partial charge in [0.05, 0.1) is 0 Å². The van der Waals surface area contributed by atoms with E-state index < -0.39 is 5.81 Å². The number of carbonyl (C=O) groups is 1. The maximum absolute atomic E-state index is 9.71. The van der Waals surface area contributed by atoms with Crippen LogP contribution < -0.4 is 10.6 Å². The number of amides is 1. The van der Waals surface area contributed by atoms with Crippen LogP contribution in [0, 0.1) is 0 Å². The molecule has 0 aliphatic rings. The highest BCUT2D eigenvalue weighted by atomic mass is 16.1. The van der Waals surface area contributed by atoms with Crippen molar-refractivity contribution >= 4 is 13.7 Å². The van der Waals surface area contributed by atoms with Crippen molar-refractivity contribution in [1.29, 1.82) is 0 Å². The molecule has 52 valence electrons. The molecule has 2 N–H and O–H groups in total. The molecule has 0 spiro atoms. The van der Waals surface area contributed by atoms with Crippen LogP contribution in [0.2, 0.25) is 0 Å². The Balaban J connectivity index is 0. The van der Waals surface area contributed by atoms with Crippen molar-refractivity contribution in [2.75, 3.05) is 20.6 Å². The predicted molar refractivity (Wildman–Crippen MR) is 39.8 cm³/mol. The second-order valence-electron chi connectivity index (χ2n) is 1.39. The zero-order valence-electron chi connectivity index (χ0n) is 6.19. The molecular weight excluding hydrogens is 115 g/mol. The highest BCUT2D eigenvalue weighted by molar-refractivity contribution is 6.57. The van der Waals surface area contributed by atoms with E-state index in [-0.39, 0.29) is 0 Å². The summed E-state index contributed by atoms with van der Waals surface area (Å²) < 4.78 is 0. The topological polar surface area (TPSA) is 41.1 Å². The van der Waals surface area contributed by atoms with Gasteiger partial charge in [0.2, 0.25) is 0 Å². The Morgan fingerprint density at radius 3 is 1.89 bits per heavy atom. The van der Waals surface area contributed by atoms with Crippen LogP contribution >= 0.6 is 0 Å². The van der Waals surface area contributed by atoms with Crippen LogP contribution in [0.4, 0.5) is 4.79 Å². The van der Waals surface area contributed by atoms with Crippen LogP contribution in [-0.2, 0) is 0 Å². The van der Waals surface area contributed by atoms with Gasteiger partial charge in [-0.15, -0.1) is 0 Å². The Morgan fingerprint density at radius 2 is 1.89 bits per heavy atom. The summed E-state index contributed by atoms with van der Waals surface area (Å²) in [5.41, 5.74) is 0. The fourth-order valence-corrected chi connectivity index (χ4v) is 0.174. The van der Waals surface area contributed by atoms with E-state index in [1.54, 1.807) is 0 Å². The second-order valence-corrected chi connectivity index (χ2v) is 1.39. The van der Waals surface area contributed by atoms with Gasteiger partial charge in [0.1, 0.15) is 0 Å². The molecule has 0 unspecified atom stereocenters. The molecule has 0 heterocycles. The minimum Gasteiger partial charge on any atom is -0.366 e. The Labute approximate surface area is 57.6 Å². The first-order chi connectivity index (χ1) is 4.18. The quantitative estimate of drug-likeness (QED) is 0.477. The molecule has 0 aromatic heterocycles. The molecule has 0 rings (SSSR count). The summed E-state index contributed by atoms with van der Waals surface area (Å²) >= 11 is 0. The van der Waals surface area contributed by atoms with Gasteiger partial charge < -0.3 is 10.6 Å². The molecule has 0 saturated heterocycles. The average Bonchev–Trinajstić information content (AvgIpc) is 1.67. The highest BCUT2D eigenvalue weighted by Crippen LogP contribution is 1.53. The zero-order valence-corrected chi connectivity index (χ0v) is 6.19. The minimum atomic E-state index is -0.461. The van der Waals surface area contributed by atoms with Crippen molar-refractivity contribution in [3.05, 3.63) is 0 Å². The monoisotopic (exact) mass is 128 g/mol. The van der Waals surface area contributed by atoms with Crippen LogP contribution in [0.1, 0.15) is 6.92 Å². The SMILES string of the molecule is CNC.[B]C(=O)NCC. The summed E-state index contributed by atoms with van der Waals surface area (Å²) in [6.07, 6.45) is 0. The van der Waals surface area contributed by atoms with E-state index in [9.17, 15) is 4.79 Å². The molecule has 3 nitrogen and oxygen atoms in total. The number of hydrogen-bond donors (Lipinski definition) is 2. The van der Waals surface area contributed by atoms with Crippen LogP contribution in [0.15, 0.2) is 0 Å². The maximum Gasteiger partial charge on any atom is 0.200 e. The lowest BCUT2D eigenvalue weighted by Gasteiger charge is -1.89. The summed E-state index contributed by atoms with van der Waals surface area (Å²) in [6.45, 7) is 2.42. The van der Waals surface area contributed by atoms with Gasteiger partial charge in [-0.3, -0.25) is 4.79 Å².